The van der Waals surface area contributed by atoms with E-state index in [0.717, 1.165) is 18.8 Å². The van der Waals surface area contributed by atoms with Gasteiger partial charge in [-0.3, -0.25) is 0 Å². The highest BCUT2D eigenvalue weighted by Crippen LogP contribution is 2.16. The van der Waals surface area contributed by atoms with Gasteiger partial charge >= 0.3 is 0 Å². The molecule has 26 heavy (non-hydrogen) atoms. The van der Waals surface area contributed by atoms with E-state index in [9.17, 15) is 8.42 Å². The minimum atomic E-state index is -3.32. The van der Waals surface area contributed by atoms with Crippen molar-refractivity contribution in [1.82, 2.24) is 4.31 Å². The zero-order valence-electron chi connectivity index (χ0n) is 17.1. The summed E-state index contributed by atoms with van der Waals surface area (Å²) in [6.07, 6.45) is 14.1. The monoisotopic (exact) mass is 381 g/mol. The average Bonchev–Trinajstić information content (AvgIpc) is 2.62. The molecule has 0 aliphatic heterocycles. The van der Waals surface area contributed by atoms with Crippen molar-refractivity contribution in [1.29, 1.82) is 0 Å². The maximum absolute atomic E-state index is 12.4. The number of hydrogen-bond acceptors (Lipinski definition) is 2. The maximum atomic E-state index is 12.4. The quantitative estimate of drug-likeness (QED) is 0.336. The second-order valence-corrected chi connectivity index (χ2v) is 9.90. The Hall–Kier alpha value is -0.870. The first-order valence-electron chi connectivity index (χ1n) is 10.5. The van der Waals surface area contributed by atoms with Crippen molar-refractivity contribution in [2.75, 3.05) is 13.6 Å². The van der Waals surface area contributed by atoms with Crippen LogP contribution in [0.2, 0.25) is 0 Å². The third kappa shape index (κ3) is 9.72. The lowest BCUT2D eigenvalue weighted by Crippen LogP contribution is -2.27. The van der Waals surface area contributed by atoms with E-state index < -0.39 is 10.0 Å². The summed E-state index contributed by atoms with van der Waals surface area (Å²) in [7, 11) is -1.64. The number of unbranched alkanes of at least 4 members (excludes halogenated alkanes) is 9. The van der Waals surface area contributed by atoms with Crippen LogP contribution >= 0.6 is 0 Å². The predicted molar refractivity (Wildman–Crippen MR) is 112 cm³/mol. The summed E-state index contributed by atoms with van der Waals surface area (Å²) < 4.78 is 26.3. The smallest absolute Gasteiger partial charge is 0.207 e. The van der Waals surface area contributed by atoms with Crippen LogP contribution in [0.5, 0.6) is 0 Å². The third-order valence-corrected chi connectivity index (χ3v) is 6.83. The minimum absolute atomic E-state index is 0.385. The van der Waals surface area contributed by atoms with Gasteiger partial charge in [0, 0.05) is 13.6 Å². The van der Waals surface area contributed by atoms with Crippen LogP contribution in [0.15, 0.2) is 35.2 Å². The van der Waals surface area contributed by atoms with Gasteiger partial charge in [0.25, 0.3) is 0 Å². The zero-order chi connectivity index (χ0) is 19.3. The van der Waals surface area contributed by atoms with Gasteiger partial charge in [-0.15, -0.1) is 0 Å². The minimum Gasteiger partial charge on any atom is -0.207 e. The number of rotatable bonds is 15. The summed E-state index contributed by atoms with van der Waals surface area (Å²) >= 11 is 0. The van der Waals surface area contributed by atoms with Gasteiger partial charge < -0.3 is 0 Å². The maximum Gasteiger partial charge on any atom is 0.242 e. The molecule has 0 aliphatic carbocycles. The van der Waals surface area contributed by atoms with Crippen molar-refractivity contribution < 1.29 is 8.42 Å². The molecule has 0 unspecified atom stereocenters. The summed E-state index contributed by atoms with van der Waals surface area (Å²) in [6, 6.07) is 8.70. The van der Waals surface area contributed by atoms with E-state index in [1.807, 2.05) is 6.07 Å². The predicted octanol–water partition coefficient (Wildman–Crippen LogP) is 6.25. The van der Waals surface area contributed by atoms with E-state index in [4.69, 9.17) is 0 Å². The molecule has 0 aromatic heterocycles. The normalized spacial score (nSPS) is 12.2. The van der Waals surface area contributed by atoms with Crippen molar-refractivity contribution in [3.8, 4) is 0 Å². The van der Waals surface area contributed by atoms with Crippen LogP contribution in [-0.4, -0.2) is 26.3 Å². The average molecular weight is 382 g/mol. The molecule has 0 fully saturated rings. The van der Waals surface area contributed by atoms with Gasteiger partial charge in [-0.2, -0.15) is 0 Å². The second kappa shape index (κ2) is 13.3. The third-order valence-electron chi connectivity index (χ3n) is 4.96. The van der Waals surface area contributed by atoms with Crippen molar-refractivity contribution in [3.05, 3.63) is 30.3 Å². The van der Waals surface area contributed by atoms with Gasteiger partial charge in [-0.25, -0.2) is 12.7 Å². The van der Waals surface area contributed by atoms with Crippen molar-refractivity contribution in [3.63, 3.8) is 0 Å². The van der Waals surface area contributed by atoms with E-state index in [1.54, 1.807) is 31.3 Å². The molecule has 0 heterocycles. The molecular weight excluding hydrogens is 342 g/mol. The van der Waals surface area contributed by atoms with Gasteiger partial charge in [0.15, 0.2) is 0 Å². The fourth-order valence-corrected chi connectivity index (χ4v) is 4.42. The number of benzene rings is 1. The van der Waals surface area contributed by atoms with E-state index in [2.05, 4.69) is 13.8 Å². The van der Waals surface area contributed by atoms with Crippen LogP contribution in [0.25, 0.3) is 0 Å². The van der Waals surface area contributed by atoms with E-state index in [-0.39, 0.29) is 0 Å². The SMILES string of the molecule is CC(C)CCCCCCCCCCCCN(C)S(=O)(=O)c1ccccc1. The molecule has 0 aliphatic rings. The highest BCUT2D eigenvalue weighted by atomic mass is 32.2. The Morgan fingerprint density at radius 3 is 1.73 bits per heavy atom. The first-order valence-corrected chi connectivity index (χ1v) is 11.9. The van der Waals surface area contributed by atoms with Gasteiger partial charge in [0.05, 0.1) is 4.90 Å². The fourth-order valence-electron chi connectivity index (χ4n) is 3.19. The summed E-state index contributed by atoms with van der Waals surface area (Å²) in [6.45, 7) is 5.21. The van der Waals surface area contributed by atoms with Crippen LogP contribution in [0.4, 0.5) is 0 Å². The molecule has 0 atom stereocenters. The first kappa shape index (κ1) is 23.2. The van der Waals surface area contributed by atoms with Crippen LogP contribution in [-0.2, 0) is 10.0 Å². The summed E-state index contributed by atoms with van der Waals surface area (Å²) in [4.78, 5) is 0.385. The Balaban J connectivity index is 2.00. The van der Waals surface area contributed by atoms with Crippen LogP contribution in [0.3, 0.4) is 0 Å². The van der Waals surface area contributed by atoms with Gasteiger partial charge in [-0.05, 0) is 24.5 Å². The Morgan fingerprint density at radius 1 is 0.769 bits per heavy atom. The van der Waals surface area contributed by atoms with Gasteiger partial charge in [0.2, 0.25) is 10.0 Å². The molecule has 0 amide bonds. The largest absolute Gasteiger partial charge is 0.242 e. The van der Waals surface area contributed by atoms with E-state index >= 15 is 0 Å². The molecular formula is C22H39NO2S. The number of sulfonamides is 1. The molecule has 1 aromatic rings. The van der Waals surface area contributed by atoms with Crippen molar-refractivity contribution in [2.45, 2.75) is 89.4 Å². The van der Waals surface area contributed by atoms with Gasteiger partial charge in [0.1, 0.15) is 0 Å². The topological polar surface area (TPSA) is 37.4 Å². The van der Waals surface area contributed by atoms with E-state index in [0.29, 0.717) is 11.4 Å². The lowest BCUT2D eigenvalue weighted by molar-refractivity contribution is 0.447. The zero-order valence-corrected chi connectivity index (χ0v) is 17.9. The highest BCUT2D eigenvalue weighted by Gasteiger charge is 2.19. The molecule has 0 saturated heterocycles. The lowest BCUT2D eigenvalue weighted by atomic mass is 10.0. The summed E-state index contributed by atoms with van der Waals surface area (Å²) in [5.41, 5.74) is 0. The molecule has 0 saturated carbocycles. The summed E-state index contributed by atoms with van der Waals surface area (Å²) in [5, 5.41) is 0. The van der Waals surface area contributed by atoms with Gasteiger partial charge in [-0.1, -0.05) is 96.3 Å². The van der Waals surface area contributed by atoms with E-state index in [1.165, 1.54) is 62.1 Å². The Morgan fingerprint density at radius 2 is 1.23 bits per heavy atom. The molecule has 1 rings (SSSR count). The molecule has 1 aromatic carbocycles. The van der Waals surface area contributed by atoms with Crippen LogP contribution in [0.1, 0.15) is 84.5 Å². The number of nitrogens with zero attached hydrogens (tertiary/aromatic N) is 1. The molecule has 3 nitrogen and oxygen atoms in total. The summed E-state index contributed by atoms with van der Waals surface area (Å²) in [5.74, 6) is 0.844. The van der Waals surface area contributed by atoms with Crippen LogP contribution < -0.4 is 0 Å². The van der Waals surface area contributed by atoms with Crippen LogP contribution in [0, 0.1) is 5.92 Å². The van der Waals surface area contributed by atoms with Crippen molar-refractivity contribution in [2.24, 2.45) is 5.92 Å². The Kier molecular flexibility index (Phi) is 11.9. The molecule has 0 bridgehead atoms. The fraction of sp³-hybridized carbons (Fsp3) is 0.727. The Bertz CT molecular complexity index is 555. The first-order chi connectivity index (χ1) is 12.4. The standard InChI is InChI=1S/C22H39NO2S/c1-21(2)17-13-10-8-6-4-5-7-9-11-16-20-23(3)26(24,25)22-18-14-12-15-19-22/h12,14-15,18-19,21H,4-11,13,16-17,20H2,1-3H3. The highest BCUT2D eigenvalue weighted by molar-refractivity contribution is 7.89. The van der Waals surface area contributed by atoms with Crippen molar-refractivity contribution >= 4 is 10.0 Å². The number of hydrogen-bond donors (Lipinski definition) is 0. The lowest BCUT2D eigenvalue weighted by Gasteiger charge is -2.17. The Labute approximate surface area is 162 Å². The second-order valence-electron chi connectivity index (χ2n) is 7.86. The molecule has 150 valence electrons. The molecule has 0 spiro atoms. The molecule has 0 N–H and O–H groups in total. The molecule has 4 heteroatoms. The molecule has 0 radical (unpaired) electrons.